The highest BCUT2D eigenvalue weighted by Crippen LogP contribution is 2.54. The van der Waals surface area contributed by atoms with Gasteiger partial charge in [-0.15, -0.1) is 0 Å². The van der Waals surface area contributed by atoms with Gasteiger partial charge in [-0.1, -0.05) is 30.4 Å². The number of hydrogen-bond donors (Lipinski definition) is 3. The highest BCUT2D eigenvalue weighted by molar-refractivity contribution is 5.89. The number of carbonyl (C=O) groups is 2. The van der Waals surface area contributed by atoms with Crippen LogP contribution in [0, 0.1) is 11.8 Å². The molecule has 2 saturated heterocycles. The molecule has 3 aliphatic rings. The zero-order chi connectivity index (χ0) is 19.8. The topological polar surface area (TPSA) is 105 Å². The van der Waals surface area contributed by atoms with Crippen LogP contribution in [0.15, 0.2) is 42.5 Å². The first-order valence-electron chi connectivity index (χ1n) is 9.74. The number of hydrogen-bond acceptors (Lipinski definition) is 6. The average Bonchev–Trinajstić information content (AvgIpc) is 2.88. The summed E-state index contributed by atoms with van der Waals surface area (Å²) in [6.07, 6.45) is 6.63. The number of nitrogens with one attached hydrogen (secondary N) is 1. The van der Waals surface area contributed by atoms with E-state index in [2.05, 4.69) is 11.4 Å². The van der Waals surface area contributed by atoms with E-state index in [0.29, 0.717) is 5.56 Å². The fraction of sp³-hybridized carbons (Fsp3) is 0.524. The molecular formula is C21H25NO6. The average molecular weight is 387 g/mol. The molecule has 1 aromatic rings. The fourth-order valence-electron chi connectivity index (χ4n) is 4.62. The number of allylic oxidation sites excluding steroid dienone is 1. The second-order valence-electron chi connectivity index (χ2n) is 7.72. The van der Waals surface area contributed by atoms with Gasteiger partial charge in [0.05, 0.1) is 30.8 Å². The molecular weight excluding hydrogens is 362 g/mol. The summed E-state index contributed by atoms with van der Waals surface area (Å²) in [6, 6.07) is 8.57. The van der Waals surface area contributed by atoms with Crippen LogP contribution in [-0.4, -0.2) is 52.7 Å². The molecule has 0 saturated carbocycles. The van der Waals surface area contributed by atoms with E-state index in [0.717, 1.165) is 19.3 Å². The number of aliphatic hydroxyl groups is 2. The van der Waals surface area contributed by atoms with Gasteiger partial charge in [-0.05, 0) is 37.8 Å². The van der Waals surface area contributed by atoms with Gasteiger partial charge in [-0.3, -0.25) is 4.79 Å². The van der Waals surface area contributed by atoms with Gasteiger partial charge in [0.15, 0.2) is 0 Å². The smallest absolute Gasteiger partial charge is 0.338 e. The maximum absolute atomic E-state index is 12.6. The van der Waals surface area contributed by atoms with E-state index in [-0.39, 0.29) is 18.9 Å². The van der Waals surface area contributed by atoms with Gasteiger partial charge >= 0.3 is 5.97 Å². The molecule has 1 amide bonds. The minimum absolute atomic E-state index is 0.0347. The van der Waals surface area contributed by atoms with Crippen LogP contribution in [0.5, 0.6) is 0 Å². The molecule has 0 aromatic heterocycles. The summed E-state index contributed by atoms with van der Waals surface area (Å²) < 4.78 is 11.1. The highest BCUT2D eigenvalue weighted by atomic mass is 16.7. The molecule has 2 aliphatic heterocycles. The van der Waals surface area contributed by atoms with E-state index in [4.69, 9.17) is 9.47 Å². The molecule has 0 spiro atoms. The van der Waals surface area contributed by atoms with Crippen molar-refractivity contribution in [3.63, 3.8) is 0 Å². The van der Waals surface area contributed by atoms with Crippen LogP contribution in [0.4, 0.5) is 0 Å². The third-order valence-corrected chi connectivity index (χ3v) is 6.15. The van der Waals surface area contributed by atoms with Gasteiger partial charge in [0.25, 0.3) is 0 Å². The van der Waals surface area contributed by atoms with Gasteiger partial charge in [-0.2, -0.15) is 0 Å². The van der Waals surface area contributed by atoms with Crippen molar-refractivity contribution < 1.29 is 29.3 Å². The second kappa shape index (κ2) is 7.31. The van der Waals surface area contributed by atoms with Gasteiger partial charge < -0.3 is 25.0 Å². The lowest BCUT2D eigenvalue weighted by atomic mass is 9.68. The molecule has 1 aromatic carbocycles. The number of carbonyl (C=O) groups excluding carboxylic acids is 2. The largest absolute Gasteiger partial charge is 0.462 e. The number of rotatable bonds is 6. The molecule has 2 heterocycles. The summed E-state index contributed by atoms with van der Waals surface area (Å²) in [5.41, 5.74) is -0.796. The van der Waals surface area contributed by atoms with Crippen molar-refractivity contribution in [3.8, 4) is 0 Å². The highest BCUT2D eigenvalue weighted by Gasteiger charge is 2.77. The Balaban J connectivity index is 1.42. The number of aliphatic hydroxyl groups excluding tert-OH is 1. The van der Waals surface area contributed by atoms with E-state index in [1.165, 1.54) is 0 Å². The Hall–Kier alpha value is -2.22. The summed E-state index contributed by atoms with van der Waals surface area (Å²) in [6.45, 7) is -0.447. The van der Waals surface area contributed by atoms with E-state index in [1.54, 1.807) is 30.3 Å². The van der Waals surface area contributed by atoms with Crippen molar-refractivity contribution in [1.82, 2.24) is 5.32 Å². The van der Waals surface area contributed by atoms with Gasteiger partial charge in [0.1, 0.15) is 5.54 Å². The molecule has 2 fully saturated rings. The molecule has 0 radical (unpaired) electrons. The lowest BCUT2D eigenvalue weighted by Gasteiger charge is -2.59. The van der Waals surface area contributed by atoms with Crippen LogP contribution in [0.25, 0.3) is 0 Å². The third-order valence-electron chi connectivity index (χ3n) is 6.15. The number of ether oxygens (including phenoxy) is 2. The SMILES string of the molecule is O=C(OCC[C@H]1C(=O)N[C@]2(CO)[C@@H]([C@@H]3C=CCCC3)O[C@]12O)c1ccccc1. The Bertz CT molecular complexity index is 780. The Morgan fingerprint density at radius 2 is 2.11 bits per heavy atom. The minimum Gasteiger partial charge on any atom is -0.462 e. The first-order chi connectivity index (χ1) is 13.5. The van der Waals surface area contributed by atoms with Crippen LogP contribution in [0.2, 0.25) is 0 Å². The predicted octanol–water partition coefficient (Wildman–Crippen LogP) is 1.15. The number of fused-ring (bicyclic) bond motifs is 1. The molecule has 7 nitrogen and oxygen atoms in total. The normalized spacial score (nSPS) is 36.4. The summed E-state index contributed by atoms with van der Waals surface area (Å²) in [5, 5.41) is 23.9. The molecule has 5 atom stereocenters. The van der Waals surface area contributed by atoms with Crippen molar-refractivity contribution in [2.75, 3.05) is 13.2 Å². The van der Waals surface area contributed by atoms with E-state index in [1.807, 2.05) is 6.08 Å². The molecule has 3 N–H and O–H groups in total. The molecule has 150 valence electrons. The zero-order valence-corrected chi connectivity index (χ0v) is 15.5. The fourth-order valence-corrected chi connectivity index (χ4v) is 4.62. The quantitative estimate of drug-likeness (QED) is 0.500. The Morgan fingerprint density at radius 1 is 1.32 bits per heavy atom. The van der Waals surface area contributed by atoms with Crippen LogP contribution in [-0.2, 0) is 14.3 Å². The molecule has 1 aliphatic carbocycles. The van der Waals surface area contributed by atoms with E-state index in [9.17, 15) is 19.8 Å². The summed E-state index contributed by atoms with van der Waals surface area (Å²) >= 11 is 0. The van der Waals surface area contributed by atoms with Crippen LogP contribution in [0.3, 0.4) is 0 Å². The molecule has 28 heavy (non-hydrogen) atoms. The monoisotopic (exact) mass is 387 g/mol. The second-order valence-corrected chi connectivity index (χ2v) is 7.72. The van der Waals surface area contributed by atoms with Gasteiger partial charge in [0.2, 0.25) is 11.7 Å². The molecule has 7 heteroatoms. The first-order valence-corrected chi connectivity index (χ1v) is 9.74. The first kappa shape index (κ1) is 19.1. The summed E-state index contributed by atoms with van der Waals surface area (Å²) in [5.74, 6) is -3.55. The van der Waals surface area contributed by atoms with Crippen LogP contribution in [0.1, 0.15) is 36.0 Å². The molecule has 0 unspecified atom stereocenters. The lowest BCUT2D eigenvalue weighted by Crippen LogP contribution is -2.80. The van der Waals surface area contributed by atoms with Crippen LogP contribution < -0.4 is 5.32 Å². The van der Waals surface area contributed by atoms with Gasteiger partial charge in [-0.25, -0.2) is 4.79 Å². The maximum Gasteiger partial charge on any atom is 0.338 e. The van der Waals surface area contributed by atoms with Crippen LogP contribution >= 0.6 is 0 Å². The summed E-state index contributed by atoms with van der Waals surface area (Å²) in [7, 11) is 0. The Kier molecular flexibility index (Phi) is 4.99. The number of esters is 1. The van der Waals surface area contributed by atoms with E-state index < -0.39 is 41.8 Å². The molecule has 0 bridgehead atoms. The van der Waals surface area contributed by atoms with Gasteiger partial charge in [0, 0.05) is 5.92 Å². The van der Waals surface area contributed by atoms with E-state index >= 15 is 0 Å². The number of amides is 1. The predicted molar refractivity (Wildman–Crippen MR) is 99.1 cm³/mol. The zero-order valence-electron chi connectivity index (χ0n) is 15.5. The maximum atomic E-state index is 12.6. The van der Waals surface area contributed by atoms with Crippen molar-refractivity contribution in [2.24, 2.45) is 11.8 Å². The van der Waals surface area contributed by atoms with Crippen molar-refractivity contribution in [3.05, 3.63) is 48.0 Å². The van der Waals surface area contributed by atoms with Crippen molar-refractivity contribution >= 4 is 11.9 Å². The third kappa shape index (κ3) is 2.85. The molecule has 4 rings (SSSR count). The minimum atomic E-state index is -1.80. The number of benzene rings is 1. The lowest BCUT2D eigenvalue weighted by molar-refractivity contribution is -0.396. The Labute approximate surface area is 163 Å². The Morgan fingerprint density at radius 3 is 2.79 bits per heavy atom. The summed E-state index contributed by atoms with van der Waals surface area (Å²) in [4.78, 5) is 24.6. The standard InChI is InChI=1S/C21H25NO6/c23-13-20-17(14-7-3-1-4-8-14)28-21(20,26)16(18(24)22-20)11-12-27-19(25)15-9-5-2-6-10-15/h2-3,5-7,9-10,14,16-17,23,26H,1,4,8,11-13H2,(H,22,24)/t14-,16+,17-,20-,21-/m1/s1. The van der Waals surface area contributed by atoms with Crippen molar-refractivity contribution in [2.45, 2.75) is 43.1 Å². The van der Waals surface area contributed by atoms with Crippen molar-refractivity contribution in [1.29, 1.82) is 0 Å².